The molecule has 1 atom stereocenters. The van der Waals surface area contributed by atoms with Crippen LogP contribution in [0.1, 0.15) is 43.0 Å². The van der Waals surface area contributed by atoms with E-state index in [1.807, 2.05) is 56.3 Å². The van der Waals surface area contributed by atoms with Crippen LogP contribution < -0.4 is 16.4 Å². The molecule has 0 aromatic heterocycles. The van der Waals surface area contributed by atoms with Gasteiger partial charge in [0.2, 0.25) is 0 Å². The molecule has 0 bridgehead atoms. The second-order valence-corrected chi connectivity index (χ2v) is 7.72. The van der Waals surface area contributed by atoms with Gasteiger partial charge in [-0.2, -0.15) is 0 Å². The fourth-order valence-corrected chi connectivity index (χ4v) is 3.98. The van der Waals surface area contributed by atoms with Crippen molar-refractivity contribution in [1.82, 2.24) is 10.6 Å². The molecule has 1 heterocycles. The summed E-state index contributed by atoms with van der Waals surface area (Å²) in [6.45, 7) is 10.2. The third-order valence-electron chi connectivity index (χ3n) is 5.71. The zero-order valence-corrected chi connectivity index (χ0v) is 18.8. The van der Waals surface area contributed by atoms with Gasteiger partial charge in [0.05, 0.1) is 6.04 Å². The van der Waals surface area contributed by atoms with Gasteiger partial charge in [-0.25, -0.2) is 4.79 Å². The lowest BCUT2D eigenvalue weighted by atomic mass is 9.88. The van der Waals surface area contributed by atoms with Crippen molar-refractivity contribution in [2.45, 2.75) is 33.2 Å². The molecule has 5 N–H and O–H groups in total. The summed E-state index contributed by atoms with van der Waals surface area (Å²) in [5, 5.41) is 13.5. The maximum Gasteiger partial charge on any atom is 0.319 e. The van der Waals surface area contributed by atoms with E-state index in [0.717, 1.165) is 40.0 Å². The summed E-state index contributed by atoms with van der Waals surface area (Å²) in [4.78, 5) is 12.3. The standard InChI is InChI=1S/C27H30N4O/c1-5-19-9-7-8-10-23(19)17(3)11-12-20(6-2)26-25(18(4)30-27(32)31-26)21-13-14-24(29)22(15-21)16-28/h6-16,26,28H,3,5,29H2,1-2,4H3,(H2,30,31,32)/b12-11-,20-6+,28-16?. The quantitative estimate of drug-likeness (QED) is 0.269. The van der Waals surface area contributed by atoms with E-state index in [-0.39, 0.29) is 12.1 Å². The minimum atomic E-state index is -0.346. The van der Waals surface area contributed by atoms with Gasteiger partial charge in [-0.1, -0.05) is 62.1 Å². The first-order chi connectivity index (χ1) is 15.4. The molecule has 0 spiro atoms. The highest BCUT2D eigenvalue weighted by Crippen LogP contribution is 2.31. The Morgan fingerprint density at radius 1 is 1.22 bits per heavy atom. The van der Waals surface area contributed by atoms with E-state index >= 15 is 0 Å². The molecule has 3 rings (SSSR count). The first-order valence-corrected chi connectivity index (χ1v) is 10.7. The molecule has 164 valence electrons. The molecule has 32 heavy (non-hydrogen) atoms. The molecule has 1 aliphatic rings. The van der Waals surface area contributed by atoms with E-state index in [4.69, 9.17) is 11.1 Å². The van der Waals surface area contributed by atoms with E-state index < -0.39 is 0 Å². The molecule has 2 aromatic rings. The van der Waals surface area contributed by atoms with Gasteiger partial charge in [-0.3, -0.25) is 0 Å². The van der Waals surface area contributed by atoms with Crippen LogP contribution in [-0.4, -0.2) is 18.3 Å². The molecule has 0 fully saturated rings. The van der Waals surface area contributed by atoms with Crippen LogP contribution in [0.3, 0.4) is 0 Å². The van der Waals surface area contributed by atoms with Crippen molar-refractivity contribution in [3.63, 3.8) is 0 Å². The molecule has 0 saturated heterocycles. The number of hydrogen-bond acceptors (Lipinski definition) is 3. The first kappa shape index (κ1) is 22.8. The van der Waals surface area contributed by atoms with E-state index in [0.29, 0.717) is 11.3 Å². The summed E-state index contributed by atoms with van der Waals surface area (Å²) in [5.41, 5.74) is 14.0. The Morgan fingerprint density at radius 2 is 1.97 bits per heavy atom. The van der Waals surface area contributed by atoms with Crippen molar-refractivity contribution in [1.29, 1.82) is 5.41 Å². The number of hydrogen-bond donors (Lipinski definition) is 4. The Balaban J connectivity index is 1.99. The van der Waals surface area contributed by atoms with Gasteiger partial charge < -0.3 is 21.8 Å². The highest BCUT2D eigenvalue weighted by atomic mass is 16.2. The topological polar surface area (TPSA) is 91.0 Å². The van der Waals surface area contributed by atoms with E-state index in [1.54, 1.807) is 6.07 Å². The van der Waals surface area contributed by atoms with Crippen LogP contribution in [0.15, 0.2) is 78.5 Å². The Labute approximate surface area is 189 Å². The number of benzene rings is 2. The van der Waals surface area contributed by atoms with Crippen LogP contribution in [0.25, 0.3) is 11.1 Å². The highest BCUT2D eigenvalue weighted by molar-refractivity contribution is 5.92. The zero-order valence-electron chi connectivity index (χ0n) is 18.8. The Kier molecular flexibility index (Phi) is 7.11. The Bertz CT molecular complexity index is 1150. The lowest BCUT2D eigenvalue weighted by Crippen LogP contribution is -2.48. The number of nitrogen functional groups attached to an aromatic ring is 1. The number of aryl methyl sites for hydroxylation is 1. The Morgan fingerprint density at radius 3 is 2.66 bits per heavy atom. The molecule has 2 aromatic carbocycles. The summed E-state index contributed by atoms with van der Waals surface area (Å²) < 4.78 is 0. The minimum absolute atomic E-state index is 0.248. The average Bonchev–Trinajstić information content (AvgIpc) is 2.79. The van der Waals surface area contributed by atoms with Gasteiger partial charge in [0.15, 0.2) is 0 Å². The van der Waals surface area contributed by atoms with E-state index in [1.165, 1.54) is 11.8 Å². The van der Waals surface area contributed by atoms with Crippen LogP contribution in [0.4, 0.5) is 10.5 Å². The molecule has 5 heteroatoms. The number of allylic oxidation sites excluding steroid dienone is 4. The summed E-state index contributed by atoms with van der Waals surface area (Å²) >= 11 is 0. The third-order valence-corrected chi connectivity index (χ3v) is 5.71. The maximum absolute atomic E-state index is 12.3. The fourth-order valence-electron chi connectivity index (χ4n) is 3.98. The number of nitrogens with one attached hydrogen (secondary N) is 3. The molecule has 1 aliphatic heterocycles. The lowest BCUT2D eigenvalue weighted by molar-refractivity contribution is 0.241. The molecule has 1 unspecified atom stereocenters. The molecule has 0 aliphatic carbocycles. The van der Waals surface area contributed by atoms with Crippen molar-refractivity contribution < 1.29 is 4.79 Å². The SMILES string of the molecule is C=C(/C=C\C(=C/C)C1NC(=O)NC(C)=C1c1ccc(N)c(C=N)c1)c1ccccc1CC. The van der Waals surface area contributed by atoms with Gasteiger partial charge in [0, 0.05) is 28.7 Å². The number of anilines is 1. The predicted molar refractivity (Wildman–Crippen MR) is 135 cm³/mol. The van der Waals surface area contributed by atoms with Crippen molar-refractivity contribution in [3.8, 4) is 0 Å². The lowest BCUT2D eigenvalue weighted by Gasteiger charge is -2.30. The molecule has 2 amide bonds. The van der Waals surface area contributed by atoms with Gasteiger partial charge in [-0.05, 0) is 60.2 Å². The van der Waals surface area contributed by atoms with Crippen LogP contribution >= 0.6 is 0 Å². The summed E-state index contributed by atoms with van der Waals surface area (Å²) in [7, 11) is 0. The van der Waals surface area contributed by atoms with Crippen LogP contribution in [-0.2, 0) is 6.42 Å². The molecule has 0 saturated carbocycles. The molecule has 0 radical (unpaired) electrons. The number of carbonyl (C=O) groups is 1. The molecular formula is C27H30N4O. The van der Waals surface area contributed by atoms with Gasteiger partial charge >= 0.3 is 6.03 Å². The number of urea groups is 1. The van der Waals surface area contributed by atoms with Crippen molar-refractivity contribution >= 4 is 29.1 Å². The zero-order chi connectivity index (χ0) is 23.3. The van der Waals surface area contributed by atoms with Gasteiger partial charge in [0.1, 0.15) is 0 Å². The number of carbonyl (C=O) groups excluding carboxylic acids is 1. The van der Waals surface area contributed by atoms with Crippen LogP contribution in [0.5, 0.6) is 0 Å². The number of amides is 2. The van der Waals surface area contributed by atoms with E-state index in [2.05, 4.69) is 36.3 Å². The monoisotopic (exact) mass is 426 g/mol. The van der Waals surface area contributed by atoms with E-state index in [9.17, 15) is 4.79 Å². The Hall–Kier alpha value is -3.86. The van der Waals surface area contributed by atoms with Crippen LogP contribution in [0, 0.1) is 5.41 Å². The normalized spacial score (nSPS) is 16.7. The molecular weight excluding hydrogens is 396 g/mol. The summed E-state index contributed by atoms with van der Waals surface area (Å²) in [5.74, 6) is 0. The average molecular weight is 427 g/mol. The largest absolute Gasteiger partial charge is 0.398 e. The smallest absolute Gasteiger partial charge is 0.319 e. The van der Waals surface area contributed by atoms with Crippen LogP contribution in [0.2, 0.25) is 0 Å². The summed E-state index contributed by atoms with van der Waals surface area (Å²) in [6, 6.07) is 13.2. The maximum atomic E-state index is 12.3. The highest BCUT2D eigenvalue weighted by Gasteiger charge is 2.28. The van der Waals surface area contributed by atoms with Crippen molar-refractivity contribution in [2.24, 2.45) is 0 Å². The second kappa shape index (κ2) is 9.96. The second-order valence-electron chi connectivity index (χ2n) is 7.72. The number of nitrogens with two attached hydrogens (primary N) is 1. The predicted octanol–water partition coefficient (Wildman–Crippen LogP) is 5.46. The molecule has 5 nitrogen and oxygen atoms in total. The third kappa shape index (κ3) is 4.72. The fraction of sp³-hybridized carbons (Fsp3) is 0.185. The summed E-state index contributed by atoms with van der Waals surface area (Å²) in [6.07, 6.45) is 8.17. The number of rotatable bonds is 7. The first-order valence-electron chi connectivity index (χ1n) is 10.7. The van der Waals surface area contributed by atoms with Gasteiger partial charge in [0.25, 0.3) is 0 Å². The van der Waals surface area contributed by atoms with Crippen molar-refractivity contribution in [3.05, 3.63) is 101 Å². The van der Waals surface area contributed by atoms with Crippen molar-refractivity contribution in [2.75, 3.05) is 5.73 Å². The van der Waals surface area contributed by atoms with Gasteiger partial charge in [-0.15, -0.1) is 0 Å². The minimum Gasteiger partial charge on any atom is -0.398 e.